The summed E-state index contributed by atoms with van der Waals surface area (Å²) in [6.07, 6.45) is 2.80. The van der Waals surface area contributed by atoms with Crippen molar-refractivity contribution in [1.82, 2.24) is 9.62 Å². The van der Waals surface area contributed by atoms with Crippen LogP contribution in [-0.4, -0.2) is 31.1 Å². The molecule has 0 fully saturated rings. The van der Waals surface area contributed by atoms with Gasteiger partial charge in [-0.2, -0.15) is 0 Å². The number of hydrogen-bond acceptors (Lipinski definition) is 4. The molecule has 2 aromatic rings. The molecule has 2 aromatic carbocycles. The fourth-order valence-electron chi connectivity index (χ4n) is 3.83. The molecule has 0 unspecified atom stereocenters. The van der Waals surface area contributed by atoms with Crippen LogP contribution in [0.5, 0.6) is 0 Å². The van der Waals surface area contributed by atoms with E-state index in [1.807, 2.05) is 18.2 Å². The summed E-state index contributed by atoms with van der Waals surface area (Å²) in [7, 11) is -3.87. The van der Waals surface area contributed by atoms with Crippen molar-refractivity contribution in [2.75, 3.05) is 6.54 Å². The fourth-order valence-corrected chi connectivity index (χ4v) is 5.40. The monoisotopic (exact) mass is 384 g/mol. The number of amides is 2. The van der Waals surface area contributed by atoms with Gasteiger partial charge >= 0.3 is 0 Å². The van der Waals surface area contributed by atoms with Crippen molar-refractivity contribution in [3.63, 3.8) is 0 Å². The Morgan fingerprint density at radius 2 is 1.85 bits per heavy atom. The van der Waals surface area contributed by atoms with Crippen molar-refractivity contribution in [3.05, 3.63) is 65.2 Å². The molecule has 0 saturated heterocycles. The van der Waals surface area contributed by atoms with Gasteiger partial charge in [0.2, 0.25) is 5.91 Å². The number of fused-ring (bicyclic) bond motifs is 2. The van der Waals surface area contributed by atoms with E-state index in [0.29, 0.717) is 0 Å². The average molecular weight is 384 g/mol. The summed E-state index contributed by atoms with van der Waals surface area (Å²) in [4.78, 5) is 24.8. The van der Waals surface area contributed by atoms with Crippen LogP contribution in [0.2, 0.25) is 0 Å². The number of nitrogens with zero attached hydrogens (tertiary/aromatic N) is 1. The van der Waals surface area contributed by atoms with Gasteiger partial charge in [-0.25, -0.2) is 12.7 Å². The molecular formula is C20H20N2O4S. The lowest BCUT2D eigenvalue weighted by Gasteiger charge is -2.26. The van der Waals surface area contributed by atoms with E-state index in [-0.39, 0.29) is 35.4 Å². The zero-order chi connectivity index (χ0) is 19.0. The van der Waals surface area contributed by atoms with Crippen LogP contribution in [-0.2, 0) is 21.2 Å². The Balaban J connectivity index is 1.43. The SMILES string of the molecule is O=C(CCN1C(=O)c2ccccc2S1(=O)=O)N[C@H]1CCCc2ccccc21. The second kappa shape index (κ2) is 6.81. The Kier molecular flexibility index (Phi) is 4.47. The van der Waals surface area contributed by atoms with Crippen LogP contribution >= 0.6 is 0 Å². The third-order valence-electron chi connectivity index (χ3n) is 5.16. The van der Waals surface area contributed by atoms with E-state index in [2.05, 4.69) is 11.4 Å². The van der Waals surface area contributed by atoms with Gasteiger partial charge in [0, 0.05) is 13.0 Å². The minimum atomic E-state index is -3.87. The van der Waals surface area contributed by atoms with Crippen LogP contribution in [0.25, 0.3) is 0 Å². The number of hydrogen-bond donors (Lipinski definition) is 1. The lowest BCUT2D eigenvalue weighted by atomic mass is 9.88. The van der Waals surface area contributed by atoms with Crippen molar-refractivity contribution in [3.8, 4) is 0 Å². The molecule has 2 aliphatic rings. The molecule has 7 heteroatoms. The number of carbonyl (C=O) groups is 2. The topological polar surface area (TPSA) is 83.6 Å². The third-order valence-corrected chi connectivity index (χ3v) is 7.00. The van der Waals surface area contributed by atoms with Gasteiger partial charge in [0.1, 0.15) is 4.90 Å². The molecule has 0 spiro atoms. The van der Waals surface area contributed by atoms with E-state index in [0.717, 1.165) is 29.1 Å². The Morgan fingerprint density at radius 1 is 1.11 bits per heavy atom. The van der Waals surface area contributed by atoms with Crippen molar-refractivity contribution in [1.29, 1.82) is 0 Å². The van der Waals surface area contributed by atoms with E-state index in [1.165, 1.54) is 17.7 Å². The summed E-state index contributed by atoms with van der Waals surface area (Å²) in [6, 6.07) is 14.1. The fraction of sp³-hybridized carbons (Fsp3) is 0.300. The van der Waals surface area contributed by atoms with Crippen LogP contribution < -0.4 is 5.32 Å². The summed E-state index contributed by atoms with van der Waals surface area (Å²) in [5.74, 6) is -0.822. The van der Waals surface area contributed by atoms with Crippen molar-refractivity contribution < 1.29 is 18.0 Å². The van der Waals surface area contributed by atoms with Crippen LogP contribution in [0.15, 0.2) is 53.4 Å². The number of sulfonamides is 1. The van der Waals surface area contributed by atoms with Crippen molar-refractivity contribution in [2.24, 2.45) is 0 Å². The Morgan fingerprint density at radius 3 is 2.67 bits per heavy atom. The molecule has 1 heterocycles. The standard InChI is InChI=1S/C20H20N2O4S/c23-19(21-17-10-5-7-14-6-1-2-8-15(14)17)12-13-22-20(24)16-9-3-4-11-18(16)27(22,25)26/h1-4,6,8-9,11,17H,5,7,10,12-13H2,(H,21,23)/t17-/m0/s1. The van der Waals surface area contributed by atoms with Crippen molar-refractivity contribution >= 4 is 21.8 Å². The maximum atomic E-state index is 12.5. The molecule has 1 atom stereocenters. The maximum Gasteiger partial charge on any atom is 0.269 e. The van der Waals surface area contributed by atoms with E-state index in [9.17, 15) is 18.0 Å². The minimum absolute atomic E-state index is 0.0108. The first-order valence-electron chi connectivity index (χ1n) is 9.02. The predicted octanol–water partition coefficient (Wildman–Crippen LogP) is 2.42. The largest absolute Gasteiger partial charge is 0.349 e. The summed E-state index contributed by atoms with van der Waals surface area (Å²) in [5, 5.41) is 2.99. The minimum Gasteiger partial charge on any atom is -0.349 e. The normalized spacial score (nSPS) is 20.1. The highest BCUT2D eigenvalue weighted by molar-refractivity contribution is 7.90. The van der Waals surface area contributed by atoms with E-state index >= 15 is 0 Å². The molecule has 1 N–H and O–H groups in total. The van der Waals surface area contributed by atoms with E-state index in [4.69, 9.17) is 0 Å². The molecule has 0 aromatic heterocycles. The highest BCUT2D eigenvalue weighted by Crippen LogP contribution is 2.31. The van der Waals surface area contributed by atoms with Gasteiger partial charge in [-0.15, -0.1) is 0 Å². The quantitative estimate of drug-likeness (QED) is 0.877. The van der Waals surface area contributed by atoms with Gasteiger partial charge in [0.05, 0.1) is 11.6 Å². The smallest absolute Gasteiger partial charge is 0.269 e. The Bertz CT molecular complexity index is 1020. The molecule has 0 bridgehead atoms. The van der Waals surface area contributed by atoms with Crippen LogP contribution in [0.4, 0.5) is 0 Å². The lowest BCUT2D eigenvalue weighted by Crippen LogP contribution is -2.36. The summed E-state index contributed by atoms with van der Waals surface area (Å²) in [6.45, 7) is -0.157. The van der Waals surface area contributed by atoms with Gasteiger partial charge in [-0.1, -0.05) is 36.4 Å². The number of benzene rings is 2. The van der Waals surface area contributed by atoms with Crippen LogP contribution in [0.1, 0.15) is 46.8 Å². The van der Waals surface area contributed by atoms with Crippen molar-refractivity contribution in [2.45, 2.75) is 36.6 Å². The van der Waals surface area contributed by atoms with Gasteiger partial charge in [-0.3, -0.25) is 9.59 Å². The summed E-state index contributed by atoms with van der Waals surface area (Å²) in [5.41, 5.74) is 2.52. The highest BCUT2D eigenvalue weighted by Gasteiger charge is 2.40. The third kappa shape index (κ3) is 3.12. The van der Waals surface area contributed by atoms with Crippen LogP contribution in [0, 0.1) is 0 Å². The predicted molar refractivity (Wildman–Crippen MR) is 99.5 cm³/mol. The molecule has 1 aliphatic carbocycles. The van der Waals surface area contributed by atoms with Gasteiger partial charge < -0.3 is 5.32 Å². The van der Waals surface area contributed by atoms with Crippen LogP contribution in [0.3, 0.4) is 0 Å². The molecule has 2 amide bonds. The first kappa shape index (κ1) is 17.7. The molecule has 0 saturated carbocycles. The Hall–Kier alpha value is -2.67. The molecule has 1 aliphatic heterocycles. The van der Waals surface area contributed by atoms with E-state index < -0.39 is 15.9 Å². The first-order valence-corrected chi connectivity index (χ1v) is 10.5. The summed E-state index contributed by atoms with van der Waals surface area (Å²) >= 11 is 0. The number of rotatable bonds is 4. The van der Waals surface area contributed by atoms with Gasteiger partial charge in [0.15, 0.2) is 0 Å². The zero-order valence-corrected chi connectivity index (χ0v) is 15.5. The number of carbonyl (C=O) groups excluding carboxylic acids is 2. The lowest BCUT2D eigenvalue weighted by molar-refractivity contribution is -0.122. The molecule has 0 radical (unpaired) electrons. The first-order chi connectivity index (χ1) is 13.0. The van der Waals surface area contributed by atoms with Gasteiger partial charge in [-0.05, 0) is 42.5 Å². The molecule has 140 valence electrons. The Labute approximate surface area is 158 Å². The maximum absolute atomic E-state index is 12.5. The molecule has 6 nitrogen and oxygen atoms in total. The summed E-state index contributed by atoms with van der Waals surface area (Å²) < 4.78 is 25.9. The van der Waals surface area contributed by atoms with E-state index in [1.54, 1.807) is 12.1 Å². The van der Waals surface area contributed by atoms with Gasteiger partial charge in [0.25, 0.3) is 15.9 Å². The zero-order valence-electron chi connectivity index (χ0n) is 14.7. The average Bonchev–Trinajstić information content (AvgIpc) is 2.87. The number of aryl methyl sites for hydroxylation is 1. The molecule has 27 heavy (non-hydrogen) atoms. The second-order valence-electron chi connectivity index (χ2n) is 6.84. The molecular weight excluding hydrogens is 364 g/mol. The second-order valence-corrected chi connectivity index (χ2v) is 8.67. The number of nitrogens with one attached hydrogen (secondary N) is 1. The molecule has 4 rings (SSSR count). The highest BCUT2D eigenvalue weighted by atomic mass is 32.2.